The Morgan fingerprint density at radius 1 is 1.29 bits per heavy atom. The number of thiocarbonyl (C=S) groups is 1. The lowest BCUT2D eigenvalue weighted by atomic mass is 10.3. The van der Waals surface area contributed by atoms with Crippen LogP contribution in [0.25, 0.3) is 6.08 Å². The fraction of sp³-hybridized carbons (Fsp3) is 0.0667. The van der Waals surface area contributed by atoms with Crippen LogP contribution >= 0.6 is 39.9 Å². The van der Waals surface area contributed by atoms with Crippen LogP contribution in [0.4, 0.5) is 5.69 Å². The molecule has 1 saturated heterocycles. The number of aryl methyl sites for hydroxylation is 1. The minimum atomic E-state index is -0.0794. The average molecular weight is 379 g/mol. The topological polar surface area (TPSA) is 25.2 Å². The lowest BCUT2D eigenvalue weighted by Gasteiger charge is -2.14. The molecule has 1 aliphatic rings. The van der Waals surface area contributed by atoms with E-state index in [-0.39, 0.29) is 5.91 Å². The number of anilines is 1. The molecule has 2 heterocycles. The number of carbonyl (C=O) groups excluding carboxylic acids is 1. The predicted molar refractivity (Wildman–Crippen MR) is 95.2 cm³/mol. The van der Waals surface area contributed by atoms with Crippen molar-refractivity contribution in [1.29, 1.82) is 0 Å². The van der Waals surface area contributed by atoms with E-state index < -0.39 is 0 Å². The number of rotatable bonds is 2. The fourth-order valence-electron chi connectivity index (χ4n) is 2.06. The van der Waals surface area contributed by atoms with Crippen molar-refractivity contribution < 1.29 is 4.79 Å². The van der Waals surface area contributed by atoms with Crippen LogP contribution in [0.15, 0.2) is 52.0 Å². The highest BCUT2D eigenvalue weighted by molar-refractivity contribution is 9.10. The summed E-state index contributed by atoms with van der Waals surface area (Å²) in [6, 6.07) is 11.5. The van der Waals surface area contributed by atoms with E-state index in [2.05, 4.69) is 15.9 Å². The number of nitrogens with zero attached hydrogens (tertiary/aromatic N) is 2. The number of halogens is 1. The first-order chi connectivity index (χ1) is 10.1. The van der Waals surface area contributed by atoms with Gasteiger partial charge in [0.25, 0.3) is 5.91 Å². The molecule has 0 bridgehead atoms. The molecule has 2 aromatic rings. The van der Waals surface area contributed by atoms with Crippen molar-refractivity contribution in [3.63, 3.8) is 0 Å². The van der Waals surface area contributed by atoms with Crippen LogP contribution in [0.3, 0.4) is 0 Å². The van der Waals surface area contributed by atoms with Gasteiger partial charge in [-0.2, -0.15) is 0 Å². The molecule has 0 atom stereocenters. The zero-order valence-electron chi connectivity index (χ0n) is 11.1. The molecule has 3 rings (SSSR count). The summed E-state index contributed by atoms with van der Waals surface area (Å²) in [5.74, 6) is -0.0794. The van der Waals surface area contributed by atoms with Gasteiger partial charge in [0.15, 0.2) is 4.32 Å². The van der Waals surface area contributed by atoms with Gasteiger partial charge in [0.05, 0.1) is 10.6 Å². The van der Waals surface area contributed by atoms with Crippen molar-refractivity contribution in [3.05, 3.63) is 57.7 Å². The number of hydrogen-bond acceptors (Lipinski definition) is 3. The maximum Gasteiger partial charge on any atom is 0.270 e. The molecule has 1 aliphatic heterocycles. The molecule has 0 aliphatic carbocycles. The third-order valence-electron chi connectivity index (χ3n) is 3.12. The Labute approximate surface area is 140 Å². The van der Waals surface area contributed by atoms with E-state index in [1.54, 1.807) is 4.90 Å². The summed E-state index contributed by atoms with van der Waals surface area (Å²) in [5.41, 5.74) is 1.76. The van der Waals surface area contributed by atoms with Gasteiger partial charge >= 0.3 is 0 Å². The first kappa shape index (κ1) is 14.6. The summed E-state index contributed by atoms with van der Waals surface area (Å²) in [7, 11) is 1.95. The van der Waals surface area contributed by atoms with Gasteiger partial charge in [-0.15, -0.1) is 0 Å². The van der Waals surface area contributed by atoms with Crippen molar-refractivity contribution in [3.8, 4) is 0 Å². The van der Waals surface area contributed by atoms with E-state index in [0.29, 0.717) is 9.23 Å². The Bertz CT molecular complexity index is 767. The van der Waals surface area contributed by atoms with Gasteiger partial charge in [-0.3, -0.25) is 9.69 Å². The van der Waals surface area contributed by atoms with E-state index in [1.807, 2.05) is 60.3 Å². The van der Waals surface area contributed by atoms with Crippen molar-refractivity contribution in [2.45, 2.75) is 0 Å². The highest BCUT2D eigenvalue weighted by Gasteiger charge is 2.33. The van der Waals surface area contributed by atoms with Crippen LogP contribution in [0.5, 0.6) is 0 Å². The molecule has 0 saturated carbocycles. The van der Waals surface area contributed by atoms with E-state index in [1.165, 1.54) is 11.8 Å². The molecule has 1 aromatic heterocycles. The van der Waals surface area contributed by atoms with Crippen LogP contribution in [-0.2, 0) is 11.8 Å². The molecule has 21 heavy (non-hydrogen) atoms. The molecular weight excluding hydrogens is 368 g/mol. The quantitative estimate of drug-likeness (QED) is 0.578. The zero-order valence-corrected chi connectivity index (χ0v) is 14.3. The number of benzene rings is 1. The Morgan fingerprint density at radius 2 is 2.10 bits per heavy atom. The number of amides is 1. The van der Waals surface area contributed by atoms with Gasteiger partial charge < -0.3 is 4.57 Å². The first-order valence-electron chi connectivity index (χ1n) is 6.21. The van der Waals surface area contributed by atoms with Gasteiger partial charge in [0.2, 0.25) is 0 Å². The number of hydrogen-bond donors (Lipinski definition) is 0. The lowest BCUT2D eigenvalue weighted by Crippen LogP contribution is -2.27. The van der Waals surface area contributed by atoms with E-state index in [9.17, 15) is 4.79 Å². The largest absolute Gasteiger partial charge is 0.351 e. The summed E-state index contributed by atoms with van der Waals surface area (Å²) < 4.78 is 3.44. The van der Waals surface area contributed by atoms with E-state index >= 15 is 0 Å². The van der Waals surface area contributed by atoms with Crippen LogP contribution in [0.2, 0.25) is 0 Å². The van der Waals surface area contributed by atoms with E-state index in [0.717, 1.165) is 15.9 Å². The Kier molecular flexibility index (Phi) is 4.01. The number of thioether (sulfide) groups is 1. The normalized spacial score (nSPS) is 17.0. The Hall–Kier alpha value is -1.37. The molecule has 106 valence electrons. The fourth-order valence-corrected chi connectivity index (χ4v) is 3.73. The highest BCUT2D eigenvalue weighted by Crippen LogP contribution is 2.36. The third kappa shape index (κ3) is 2.84. The smallest absolute Gasteiger partial charge is 0.270 e. The van der Waals surface area contributed by atoms with Gasteiger partial charge in [0.1, 0.15) is 0 Å². The van der Waals surface area contributed by atoms with Crippen LogP contribution < -0.4 is 4.90 Å². The molecule has 0 unspecified atom stereocenters. The molecule has 6 heteroatoms. The van der Waals surface area contributed by atoms with Gasteiger partial charge in [-0.1, -0.05) is 46.0 Å². The van der Waals surface area contributed by atoms with Crippen molar-refractivity contribution in [2.24, 2.45) is 7.05 Å². The standard InChI is InChI=1S/C15H11BrN2OS2/c1-17-7-3-6-11(17)9-13-14(19)18(15(20)21-13)12-5-2-4-10(16)8-12/h2-9H,1H3. The molecule has 0 N–H and O–H groups in total. The van der Waals surface area contributed by atoms with E-state index in [4.69, 9.17) is 12.2 Å². The second-order valence-corrected chi connectivity index (χ2v) is 7.13. The van der Waals surface area contributed by atoms with Gasteiger partial charge in [-0.25, -0.2) is 0 Å². The van der Waals surface area contributed by atoms with Gasteiger partial charge in [-0.05, 0) is 36.4 Å². The zero-order chi connectivity index (χ0) is 15.0. The summed E-state index contributed by atoms with van der Waals surface area (Å²) in [5, 5.41) is 0. The highest BCUT2D eigenvalue weighted by atomic mass is 79.9. The summed E-state index contributed by atoms with van der Waals surface area (Å²) in [6.45, 7) is 0. The van der Waals surface area contributed by atoms with Crippen molar-refractivity contribution in [2.75, 3.05) is 4.90 Å². The minimum absolute atomic E-state index is 0.0794. The molecule has 1 amide bonds. The molecule has 1 fully saturated rings. The molecule has 0 radical (unpaired) electrons. The predicted octanol–water partition coefficient (Wildman–Crippen LogP) is 4.19. The van der Waals surface area contributed by atoms with Crippen LogP contribution in [0, 0.1) is 0 Å². The molecule has 3 nitrogen and oxygen atoms in total. The first-order valence-corrected chi connectivity index (χ1v) is 8.23. The summed E-state index contributed by atoms with van der Waals surface area (Å²) in [4.78, 5) is 14.8. The third-order valence-corrected chi connectivity index (χ3v) is 4.92. The lowest BCUT2D eigenvalue weighted by molar-refractivity contribution is -0.113. The Morgan fingerprint density at radius 3 is 2.76 bits per heavy atom. The maximum absolute atomic E-state index is 12.6. The molecular formula is C15H11BrN2OS2. The van der Waals surface area contributed by atoms with Crippen molar-refractivity contribution >= 4 is 61.9 Å². The number of carbonyl (C=O) groups is 1. The monoisotopic (exact) mass is 378 g/mol. The SMILES string of the molecule is Cn1cccc1C=C1SC(=S)N(c2cccc(Br)c2)C1=O. The van der Waals surface area contributed by atoms with Crippen LogP contribution in [0.1, 0.15) is 5.69 Å². The second kappa shape index (κ2) is 5.79. The summed E-state index contributed by atoms with van der Waals surface area (Å²) in [6.07, 6.45) is 3.82. The summed E-state index contributed by atoms with van der Waals surface area (Å²) >= 11 is 10.1. The second-order valence-electron chi connectivity index (χ2n) is 4.54. The van der Waals surface area contributed by atoms with Crippen LogP contribution in [-0.4, -0.2) is 14.8 Å². The average Bonchev–Trinajstić information content (AvgIpc) is 2.95. The minimum Gasteiger partial charge on any atom is -0.351 e. The Balaban J connectivity index is 1.96. The maximum atomic E-state index is 12.6. The molecule has 1 aromatic carbocycles. The number of aromatic nitrogens is 1. The van der Waals surface area contributed by atoms with Gasteiger partial charge in [0, 0.05) is 23.4 Å². The van der Waals surface area contributed by atoms with Crippen molar-refractivity contribution in [1.82, 2.24) is 4.57 Å². The molecule has 0 spiro atoms.